The minimum Gasteiger partial charge on any atom is -0.507 e. The lowest BCUT2D eigenvalue weighted by Crippen LogP contribution is -2.40. The number of benzene rings is 7. The van der Waals surface area contributed by atoms with Gasteiger partial charge in [0.1, 0.15) is 28.7 Å². The molecule has 8 heteroatoms. The monoisotopic (exact) mass is 754 g/mol. The molecule has 0 fully saturated rings. The van der Waals surface area contributed by atoms with Crippen LogP contribution in [0.1, 0.15) is 5.56 Å². The van der Waals surface area contributed by atoms with Crippen LogP contribution in [-0.2, 0) is 6.18 Å². The summed E-state index contributed by atoms with van der Waals surface area (Å²) in [5.41, 5.74) is 4.67. The molecule has 1 N–H and O–H groups in total. The lowest BCUT2D eigenvalue weighted by Gasteiger charge is -2.25. The van der Waals surface area contributed by atoms with E-state index >= 15 is 0 Å². The van der Waals surface area contributed by atoms with Gasteiger partial charge in [-0.1, -0.05) is 135 Å². The molecule has 0 saturated heterocycles. The fourth-order valence-electron chi connectivity index (χ4n) is 6.45. The van der Waals surface area contributed by atoms with Crippen molar-refractivity contribution >= 4 is 32.5 Å². The van der Waals surface area contributed by atoms with Crippen LogP contribution in [0.3, 0.4) is 0 Å². The van der Waals surface area contributed by atoms with Gasteiger partial charge in [0, 0.05) is 16.4 Å². The van der Waals surface area contributed by atoms with Crippen molar-refractivity contribution in [2.75, 3.05) is 0 Å². The first-order valence-electron chi connectivity index (χ1n) is 17.6. The van der Waals surface area contributed by atoms with E-state index < -0.39 is 28.4 Å². The lowest BCUT2D eigenvalue weighted by molar-refractivity contribution is -0.137. The largest absolute Gasteiger partial charge is 0.507 e. The zero-order valence-corrected chi connectivity index (χ0v) is 32.0. The molecule has 0 aliphatic rings. The fourth-order valence-corrected chi connectivity index (χ4v) is 9.32. The van der Waals surface area contributed by atoms with Gasteiger partial charge in [0.25, 0.3) is 0 Å². The smallest absolute Gasteiger partial charge is 0.416 e. The topological polar surface area (TPSA) is 38.7 Å². The van der Waals surface area contributed by atoms with E-state index in [0.717, 1.165) is 45.5 Å². The number of ether oxygens (including phenoxy) is 2. The first-order valence-corrected chi connectivity index (χ1v) is 22.1. The number of hydrogen-bond donors (Lipinski definition) is 1. The van der Waals surface area contributed by atoms with E-state index in [1.165, 1.54) is 0 Å². The number of phenols is 1. The molecule has 0 aliphatic carbocycles. The molecule has 0 aliphatic heterocycles. The van der Waals surface area contributed by atoms with Crippen LogP contribution in [0.2, 0.25) is 19.6 Å². The number of hydrogen-bond acceptors (Lipinski definition) is 3. The highest BCUT2D eigenvalue weighted by Gasteiger charge is 2.35. The average molecular weight is 755 g/mol. The SMILES string of the molecule is C[Si](C)(C)c1cc(C(F)(F)F)cc(Pc2c(Oc3ccccc3)ccc(-c3c(-c4ccccc4)cccc3-c3ccccc3)c2Oc2ccccc2)c1O. The Morgan fingerprint density at radius 1 is 0.556 bits per heavy atom. The van der Waals surface area contributed by atoms with Gasteiger partial charge in [-0.25, -0.2) is 0 Å². The number of rotatable bonds is 10. The highest BCUT2D eigenvalue weighted by molar-refractivity contribution is 7.56. The molecule has 0 spiro atoms. The number of aromatic hydroxyl groups is 1. The molecule has 270 valence electrons. The van der Waals surface area contributed by atoms with Crippen LogP contribution in [0.15, 0.2) is 164 Å². The number of alkyl halides is 3. The van der Waals surface area contributed by atoms with Gasteiger partial charge in [-0.15, -0.1) is 0 Å². The van der Waals surface area contributed by atoms with E-state index in [4.69, 9.17) is 9.47 Å². The van der Waals surface area contributed by atoms with Gasteiger partial charge >= 0.3 is 6.18 Å². The quantitative estimate of drug-likeness (QED) is 0.112. The van der Waals surface area contributed by atoms with Crippen molar-refractivity contribution in [1.29, 1.82) is 0 Å². The first-order chi connectivity index (χ1) is 26.0. The number of para-hydroxylation sites is 2. The van der Waals surface area contributed by atoms with Gasteiger partial charge in [-0.2, -0.15) is 13.2 Å². The summed E-state index contributed by atoms with van der Waals surface area (Å²) in [6.45, 7) is 5.78. The van der Waals surface area contributed by atoms with Crippen molar-refractivity contribution in [3.8, 4) is 62.1 Å². The van der Waals surface area contributed by atoms with Crippen molar-refractivity contribution in [2.24, 2.45) is 0 Å². The Hall–Kier alpha value is -5.62. The zero-order chi connectivity index (χ0) is 37.9. The van der Waals surface area contributed by atoms with Gasteiger partial charge in [-0.05, 0) is 84.6 Å². The zero-order valence-electron chi connectivity index (χ0n) is 30.0. The average Bonchev–Trinajstić information content (AvgIpc) is 3.17. The standard InChI is InChI=1S/C46H38F3O3PSi/c1-54(2,3)41-30-33(46(47,48)49)29-40(43(41)50)53-45-39(51-34-21-12-6-13-22-34)28-27-38(44(45)52-35-23-14-7-15-24-35)42-36(31-17-8-4-9-18-31)25-16-26-37(42)32-19-10-5-11-20-32/h4-30,50,53H,1-3H3. The highest BCUT2D eigenvalue weighted by atomic mass is 31.1. The molecule has 0 radical (unpaired) electrons. The Bertz CT molecular complexity index is 2320. The number of phenolic OH excluding ortho intramolecular Hbond substituents is 1. The van der Waals surface area contributed by atoms with Crippen LogP contribution in [-0.4, -0.2) is 13.2 Å². The van der Waals surface area contributed by atoms with Gasteiger partial charge in [0.05, 0.1) is 18.9 Å². The lowest BCUT2D eigenvalue weighted by atomic mass is 9.87. The molecular weight excluding hydrogens is 717 g/mol. The molecule has 1 atom stereocenters. The molecule has 0 saturated carbocycles. The summed E-state index contributed by atoms with van der Waals surface area (Å²) in [7, 11) is -2.93. The van der Waals surface area contributed by atoms with E-state index in [1.807, 2.05) is 135 Å². The summed E-state index contributed by atoms with van der Waals surface area (Å²) in [5.74, 6) is 1.78. The third-order valence-corrected chi connectivity index (χ3v) is 12.4. The van der Waals surface area contributed by atoms with Gasteiger partial charge in [-0.3, -0.25) is 0 Å². The van der Waals surface area contributed by atoms with Crippen molar-refractivity contribution in [3.63, 3.8) is 0 Å². The summed E-state index contributed by atoms with van der Waals surface area (Å²) in [5, 5.41) is 12.8. The fraction of sp³-hybridized carbons (Fsp3) is 0.0870. The number of halogens is 3. The van der Waals surface area contributed by atoms with Crippen molar-refractivity contribution < 1.29 is 27.8 Å². The van der Waals surface area contributed by atoms with E-state index in [0.29, 0.717) is 33.5 Å². The van der Waals surface area contributed by atoms with E-state index in [1.54, 1.807) is 0 Å². The molecule has 7 aromatic carbocycles. The van der Waals surface area contributed by atoms with E-state index in [-0.39, 0.29) is 11.1 Å². The predicted molar refractivity (Wildman–Crippen MR) is 219 cm³/mol. The van der Waals surface area contributed by atoms with Crippen LogP contribution in [0.25, 0.3) is 33.4 Å². The van der Waals surface area contributed by atoms with Crippen LogP contribution in [0, 0.1) is 0 Å². The third kappa shape index (κ3) is 7.98. The van der Waals surface area contributed by atoms with Crippen molar-refractivity contribution in [2.45, 2.75) is 25.8 Å². The molecule has 54 heavy (non-hydrogen) atoms. The van der Waals surface area contributed by atoms with Gasteiger partial charge < -0.3 is 14.6 Å². The summed E-state index contributed by atoms with van der Waals surface area (Å²) in [6.07, 6.45) is -4.62. The van der Waals surface area contributed by atoms with Crippen molar-refractivity contribution in [3.05, 3.63) is 169 Å². The molecule has 0 amide bonds. The van der Waals surface area contributed by atoms with Crippen molar-refractivity contribution in [1.82, 2.24) is 0 Å². The Morgan fingerprint density at radius 2 is 1.06 bits per heavy atom. The predicted octanol–water partition coefficient (Wildman–Crippen LogP) is 12.2. The van der Waals surface area contributed by atoms with Crippen LogP contribution < -0.4 is 25.3 Å². The maximum absolute atomic E-state index is 14.5. The molecule has 0 bridgehead atoms. The summed E-state index contributed by atoms with van der Waals surface area (Å²) >= 11 is 0. The first kappa shape index (κ1) is 36.7. The highest BCUT2D eigenvalue weighted by Crippen LogP contribution is 2.47. The molecule has 1 unspecified atom stereocenters. The van der Waals surface area contributed by atoms with E-state index in [2.05, 4.69) is 36.4 Å². The van der Waals surface area contributed by atoms with Crippen LogP contribution in [0.5, 0.6) is 28.7 Å². The maximum Gasteiger partial charge on any atom is 0.416 e. The van der Waals surface area contributed by atoms with E-state index in [9.17, 15) is 18.3 Å². The molecule has 7 rings (SSSR count). The summed E-state index contributed by atoms with van der Waals surface area (Å²) < 4.78 is 57.0. The van der Waals surface area contributed by atoms with Gasteiger partial charge in [0.2, 0.25) is 0 Å². The molecule has 0 heterocycles. The summed E-state index contributed by atoms with van der Waals surface area (Å²) in [4.78, 5) is 0. The molecular formula is C46H38F3O3PSi. The molecule has 7 aromatic rings. The normalized spacial score (nSPS) is 11.9. The van der Waals surface area contributed by atoms with Gasteiger partial charge in [0.15, 0.2) is 0 Å². The van der Waals surface area contributed by atoms with Crippen LogP contribution >= 0.6 is 8.58 Å². The Balaban J connectivity index is 1.57. The second kappa shape index (κ2) is 15.4. The summed E-state index contributed by atoms with van der Waals surface area (Å²) in [6, 6.07) is 50.8. The van der Waals surface area contributed by atoms with Crippen LogP contribution in [0.4, 0.5) is 13.2 Å². The Labute approximate surface area is 316 Å². The molecule has 0 aromatic heterocycles. The second-order valence-electron chi connectivity index (χ2n) is 13.9. The second-order valence-corrected chi connectivity index (χ2v) is 20.2. The molecule has 3 nitrogen and oxygen atoms in total. The minimum absolute atomic E-state index is 0.128. The maximum atomic E-state index is 14.5. The minimum atomic E-state index is -4.62. The third-order valence-electron chi connectivity index (χ3n) is 9.06. The Morgan fingerprint density at radius 3 is 1.56 bits per heavy atom. The Kier molecular flexibility index (Phi) is 10.5.